The molecule has 4 nitrogen and oxygen atoms in total. The molecule has 0 aliphatic heterocycles. The molecule has 1 atom stereocenters. The Morgan fingerprint density at radius 1 is 1.53 bits per heavy atom. The van der Waals surface area contributed by atoms with Crippen molar-refractivity contribution in [2.24, 2.45) is 0 Å². The molecule has 2 N–H and O–H groups in total. The van der Waals surface area contributed by atoms with Crippen LogP contribution >= 0.6 is 0 Å². The van der Waals surface area contributed by atoms with Crippen molar-refractivity contribution in [1.82, 2.24) is 0 Å². The van der Waals surface area contributed by atoms with E-state index in [4.69, 9.17) is 10.00 Å². The van der Waals surface area contributed by atoms with Gasteiger partial charge in [0.25, 0.3) is 0 Å². The molecule has 0 heterocycles. The quantitative estimate of drug-likeness (QED) is 0.791. The highest BCUT2D eigenvalue weighted by molar-refractivity contribution is 5.60. The molecule has 1 unspecified atom stereocenters. The van der Waals surface area contributed by atoms with Gasteiger partial charge in [-0.3, -0.25) is 0 Å². The highest BCUT2D eigenvalue weighted by Gasteiger charge is 2.06. The van der Waals surface area contributed by atoms with Crippen LogP contribution in [-0.2, 0) is 0 Å². The molecule has 4 heteroatoms. The molecular formula is C13H18N2O2. The molecule has 1 rings (SSSR count). The van der Waals surface area contributed by atoms with Crippen LogP contribution in [0.1, 0.15) is 25.3 Å². The summed E-state index contributed by atoms with van der Waals surface area (Å²) in [4.78, 5) is 0. The Balaban J connectivity index is 2.71. The van der Waals surface area contributed by atoms with Crippen molar-refractivity contribution in [3.05, 3.63) is 23.8 Å². The summed E-state index contributed by atoms with van der Waals surface area (Å²) >= 11 is 0. The van der Waals surface area contributed by atoms with Gasteiger partial charge in [0, 0.05) is 12.6 Å². The molecular weight excluding hydrogens is 216 g/mol. The van der Waals surface area contributed by atoms with Crippen LogP contribution in [0.2, 0.25) is 0 Å². The van der Waals surface area contributed by atoms with Crippen molar-refractivity contribution < 1.29 is 9.84 Å². The number of nitrogens with zero attached hydrogens (tertiary/aromatic N) is 1. The van der Waals surface area contributed by atoms with E-state index in [1.807, 2.05) is 6.92 Å². The Hall–Kier alpha value is -1.73. The smallest absolute Gasteiger partial charge is 0.121 e. The van der Waals surface area contributed by atoms with E-state index in [9.17, 15) is 5.11 Å². The summed E-state index contributed by atoms with van der Waals surface area (Å²) in [5.41, 5.74) is 1.25. The molecule has 17 heavy (non-hydrogen) atoms. The maximum atomic E-state index is 9.62. The zero-order valence-electron chi connectivity index (χ0n) is 10.2. The zero-order chi connectivity index (χ0) is 12.7. The number of ether oxygens (including phenoxy) is 1. The second kappa shape index (κ2) is 6.77. The molecule has 0 bridgehead atoms. The minimum atomic E-state index is -0.391. The lowest BCUT2D eigenvalue weighted by molar-refractivity contribution is 0.176. The molecule has 0 aliphatic carbocycles. The lowest BCUT2D eigenvalue weighted by atomic mass is 10.1. The number of nitriles is 1. The van der Waals surface area contributed by atoms with Crippen LogP contribution in [-0.4, -0.2) is 24.9 Å². The van der Waals surface area contributed by atoms with Gasteiger partial charge < -0.3 is 15.2 Å². The Morgan fingerprint density at radius 2 is 2.29 bits per heavy atom. The maximum absolute atomic E-state index is 9.62. The third kappa shape index (κ3) is 3.97. The third-order valence-corrected chi connectivity index (χ3v) is 2.50. The van der Waals surface area contributed by atoms with Gasteiger partial charge in [-0.15, -0.1) is 0 Å². The van der Waals surface area contributed by atoms with Crippen LogP contribution in [0.4, 0.5) is 5.69 Å². The van der Waals surface area contributed by atoms with E-state index in [2.05, 4.69) is 11.4 Å². The van der Waals surface area contributed by atoms with Crippen molar-refractivity contribution in [3.8, 4) is 11.8 Å². The van der Waals surface area contributed by atoms with Crippen molar-refractivity contribution in [2.75, 3.05) is 19.0 Å². The van der Waals surface area contributed by atoms with Crippen LogP contribution in [0.15, 0.2) is 18.2 Å². The van der Waals surface area contributed by atoms with E-state index in [1.54, 1.807) is 25.3 Å². The number of nitrogens with one attached hydrogen (secondary N) is 1. The van der Waals surface area contributed by atoms with Gasteiger partial charge in [-0.2, -0.15) is 5.26 Å². The average molecular weight is 234 g/mol. The standard InChI is InChI=1S/C13H18N2O2/c1-3-4-11(16)9-15-13-7-12(17-2)6-5-10(13)8-14/h5-7,11,15-16H,3-4,9H2,1-2H3. The first-order valence-corrected chi connectivity index (χ1v) is 5.71. The summed E-state index contributed by atoms with van der Waals surface area (Å²) in [5, 5.41) is 21.7. The van der Waals surface area contributed by atoms with Gasteiger partial charge in [0.1, 0.15) is 11.8 Å². The van der Waals surface area contributed by atoms with Gasteiger partial charge in [-0.05, 0) is 18.6 Å². The SMILES string of the molecule is CCCC(O)CNc1cc(OC)ccc1C#N. The van der Waals surface area contributed by atoms with Crippen molar-refractivity contribution in [2.45, 2.75) is 25.9 Å². The molecule has 92 valence electrons. The fourth-order valence-corrected chi connectivity index (χ4v) is 1.56. The normalized spacial score (nSPS) is 11.6. The Labute approximate surface area is 102 Å². The first-order valence-electron chi connectivity index (χ1n) is 5.71. The summed E-state index contributed by atoms with van der Waals surface area (Å²) in [5.74, 6) is 0.691. The molecule has 0 aromatic heterocycles. The van der Waals surface area contributed by atoms with E-state index < -0.39 is 6.10 Å². The van der Waals surface area contributed by atoms with Gasteiger partial charge >= 0.3 is 0 Å². The van der Waals surface area contributed by atoms with Gasteiger partial charge in [0.15, 0.2) is 0 Å². The highest BCUT2D eigenvalue weighted by atomic mass is 16.5. The lowest BCUT2D eigenvalue weighted by Gasteiger charge is -2.13. The summed E-state index contributed by atoms with van der Waals surface area (Å²) in [6.45, 7) is 2.46. The summed E-state index contributed by atoms with van der Waals surface area (Å²) in [6, 6.07) is 7.31. The van der Waals surface area contributed by atoms with Crippen LogP contribution < -0.4 is 10.1 Å². The van der Waals surface area contributed by atoms with Crippen molar-refractivity contribution in [3.63, 3.8) is 0 Å². The number of anilines is 1. The van der Waals surface area contributed by atoms with Crippen LogP contribution in [0, 0.1) is 11.3 Å². The number of benzene rings is 1. The van der Waals surface area contributed by atoms with E-state index in [-0.39, 0.29) is 0 Å². The van der Waals surface area contributed by atoms with Gasteiger partial charge in [0.05, 0.1) is 24.5 Å². The molecule has 0 fully saturated rings. The molecule has 0 aliphatic rings. The fourth-order valence-electron chi connectivity index (χ4n) is 1.56. The first kappa shape index (κ1) is 13.3. The average Bonchev–Trinajstić information content (AvgIpc) is 2.36. The number of methoxy groups -OCH3 is 1. The van der Waals surface area contributed by atoms with Crippen LogP contribution in [0.25, 0.3) is 0 Å². The fraction of sp³-hybridized carbons (Fsp3) is 0.462. The Bertz CT molecular complexity index is 399. The van der Waals surface area contributed by atoms with Crippen LogP contribution in [0.3, 0.4) is 0 Å². The summed E-state index contributed by atoms with van der Waals surface area (Å²) < 4.78 is 5.10. The highest BCUT2D eigenvalue weighted by Crippen LogP contribution is 2.21. The third-order valence-electron chi connectivity index (χ3n) is 2.50. The van der Waals surface area contributed by atoms with E-state index in [0.717, 1.165) is 12.8 Å². The molecule has 0 amide bonds. The number of hydrogen-bond acceptors (Lipinski definition) is 4. The van der Waals surface area contributed by atoms with Crippen LogP contribution in [0.5, 0.6) is 5.75 Å². The Kier molecular flexibility index (Phi) is 5.31. The number of hydrogen-bond donors (Lipinski definition) is 2. The summed E-state index contributed by atoms with van der Waals surface area (Å²) in [6.07, 6.45) is 1.29. The van der Waals surface area contributed by atoms with Crippen molar-refractivity contribution >= 4 is 5.69 Å². The largest absolute Gasteiger partial charge is 0.497 e. The maximum Gasteiger partial charge on any atom is 0.121 e. The topological polar surface area (TPSA) is 65.3 Å². The minimum absolute atomic E-state index is 0.391. The van der Waals surface area contributed by atoms with Crippen molar-refractivity contribution in [1.29, 1.82) is 5.26 Å². The first-order chi connectivity index (χ1) is 8.21. The number of aliphatic hydroxyl groups is 1. The predicted octanol–water partition coefficient (Wildman–Crippen LogP) is 2.14. The van der Waals surface area contributed by atoms with Gasteiger partial charge in [0.2, 0.25) is 0 Å². The zero-order valence-corrected chi connectivity index (χ0v) is 10.2. The molecule has 0 radical (unpaired) electrons. The van der Waals surface area contributed by atoms with E-state index in [1.165, 1.54) is 0 Å². The number of aliphatic hydroxyl groups excluding tert-OH is 1. The Morgan fingerprint density at radius 3 is 2.88 bits per heavy atom. The molecule has 1 aromatic rings. The minimum Gasteiger partial charge on any atom is -0.497 e. The second-order valence-corrected chi connectivity index (χ2v) is 3.85. The second-order valence-electron chi connectivity index (χ2n) is 3.85. The lowest BCUT2D eigenvalue weighted by Crippen LogP contribution is -2.19. The molecule has 0 saturated carbocycles. The molecule has 0 spiro atoms. The molecule has 1 aromatic carbocycles. The number of rotatable bonds is 6. The molecule has 0 saturated heterocycles. The van der Waals surface area contributed by atoms with Gasteiger partial charge in [-0.1, -0.05) is 13.3 Å². The van der Waals surface area contributed by atoms with E-state index in [0.29, 0.717) is 23.5 Å². The monoisotopic (exact) mass is 234 g/mol. The summed E-state index contributed by atoms with van der Waals surface area (Å²) in [7, 11) is 1.58. The predicted molar refractivity (Wildman–Crippen MR) is 67.1 cm³/mol. The van der Waals surface area contributed by atoms with Gasteiger partial charge in [-0.25, -0.2) is 0 Å². The van der Waals surface area contributed by atoms with E-state index >= 15 is 0 Å².